The Morgan fingerprint density at radius 1 is 1.25 bits per heavy atom. The van der Waals surface area contributed by atoms with E-state index in [-0.39, 0.29) is 5.91 Å². The summed E-state index contributed by atoms with van der Waals surface area (Å²) in [4.78, 5) is 17.0. The van der Waals surface area contributed by atoms with Crippen LogP contribution in [0.15, 0.2) is 49.3 Å². The number of furan rings is 1. The molecule has 0 unspecified atom stereocenters. The molecule has 1 aromatic heterocycles. The first-order chi connectivity index (χ1) is 11.6. The van der Waals surface area contributed by atoms with Gasteiger partial charge >= 0.3 is 0 Å². The fourth-order valence-corrected chi connectivity index (χ4v) is 3.14. The zero-order valence-electron chi connectivity index (χ0n) is 12.8. The number of hydrogen-bond acceptors (Lipinski definition) is 6. The number of carbonyl (C=O) groups is 1. The Labute approximate surface area is 151 Å². The van der Waals surface area contributed by atoms with Gasteiger partial charge in [0.15, 0.2) is 9.84 Å². The van der Waals surface area contributed by atoms with E-state index in [0.717, 1.165) is 0 Å². The lowest BCUT2D eigenvalue weighted by Gasteiger charge is -2.07. The SMILES string of the molecule is COc1ccc(N=C2NC(=O)C(=Cc3ccc(Br)o3)S2)c(OC)c1. The summed E-state index contributed by atoms with van der Waals surface area (Å²) in [5.74, 6) is 1.59. The first-order valence-electron chi connectivity index (χ1n) is 6.86. The van der Waals surface area contributed by atoms with Crippen molar-refractivity contribution in [3.05, 3.63) is 45.7 Å². The number of nitrogens with one attached hydrogen (secondary N) is 1. The quantitative estimate of drug-likeness (QED) is 0.775. The molecule has 1 fully saturated rings. The maximum Gasteiger partial charge on any atom is 0.264 e. The maximum atomic E-state index is 12.1. The van der Waals surface area contributed by atoms with Crippen molar-refractivity contribution < 1.29 is 18.7 Å². The largest absolute Gasteiger partial charge is 0.497 e. The van der Waals surface area contributed by atoms with E-state index in [2.05, 4.69) is 26.2 Å². The number of amides is 1. The maximum absolute atomic E-state index is 12.1. The van der Waals surface area contributed by atoms with Crippen LogP contribution in [0.1, 0.15) is 5.76 Å². The minimum absolute atomic E-state index is 0.223. The number of ether oxygens (including phenoxy) is 2. The highest BCUT2D eigenvalue weighted by atomic mass is 79.9. The molecule has 2 aromatic rings. The van der Waals surface area contributed by atoms with Crippen molar-refractivity contribution in [1.82, 2.24) is 5.32 Å². The lowest BCUT2D eigenvalue weighted by molar-refractivity contribution is -0.115. The molecule has 1 saturated heterocycles. The normalized spacial score (nSPS) is 17.4. The van der Waals surface area contributed by atoms with Gasteiger partial charge in [-0.3, -0.25) is 4.79 Å². The molecule has 24 heavy (non-hydrogen) atoms. The molecule has 3 rings (SSSR count). The Hall–Kier alpha value is -2.19. The number of halogens is 1. The fourth-order valence-electron chi connectivity index (χ4n) is 2.00. The second-order valence-electron chi connectivity index (χ2n) is 4.66. The van der Waals surface area contributed by atoms with Gasteiger partial charge in [0.2, 0.25) is 0 Å². The monoisotopic (exact) mass is 408 g/mol. The zero-order chi connectivity index (χ0) is 17.1. The van der Waals surface area contributed by atoms with Gasteiger partial charge in [-0.05, 0) is 52.0 Å². The molecule has 0 aliphatic carbocycles. The minimum Gasteiger partial charge on any atom is -0.497 e. The molecule has 0 bridgehead atoms. The van der Waals surface area contributed by atoms with Crippen LogP contribution in [0.25, 0.3) is 6.08 Å². The number of amidine groups is 1. The topological polar surface area (TPSA) is 73.1 Å². The van der Waals surface area contributed by atoms with Gasteiger partial charge in [-0.15, -0.1) is 0 Å². The number of methoxy groups -OCH3 is 2. The molecule has 6 nitrogen and oxygen atoms in total. The number of carbonyl (C=O) groups excluding carboxylic acids is 1. The van der Waals surface area contributed by atoms with Gasteiger partial charge in [0.1, 0.15) is 22.9 Å². The van der Waals surface area contributed by atoms with Crippen LogP contribution in [-0.2, 0) is 4.79 Å². The smallest absolute Gasteiger partial charge is 0.264 e. The van der Waals surface area contributed by atoms with Crippen molar-refractivity contribution >= 4 is 50.5 Å². The van der Waals surface area contributed by atoms with Crippen molar-refractivity contribution in [3.63, 3.8) is 0 Å². The van der Waals surface area contributed by atoms with E-state index in [0.29, 0.717) is 37.7 Å². The highest BCUT2D eigenvalue weighted by Gasteiger charge is 2.24. The highest BCUT2D eigenvalue weighted by molar-refractivity contribution is 9.10. The number of aliphatic imine (C=N–C) groups is 1. The van der Waals surface area contributed by atoms with Crippen LogP contribution < -0.4 is 14.8 Å². The summed E-state index contributed by atoms with van der Waals surface area (Å²) in [5.41, 5.74) is 0.600. The molecule has 1 aliphatic rings. The Morgan fingerprint density at radius 3 is 2.75 bits per heavy atom. The Bertz CT molecular complexity index is 844. The predicted octanol–water partition coefficient (Wildman–Crippen LogP) is 3.95. The van der Waals surface area contributed by atoms with Crippen LogP contribution in [-0.4, -0.2) is 25.3 Å². The molecule has 8 heteroatoms. The summed E-state index contributed by atoms with van der Waals surface area (Å²) in [6.07, 6.45) is 1.67. The number of rotatable bonds is 4. The van der Waals surface area contributed by atoms with Gasteiger partial charge in [-0.1, -0.05) is 0 Å². The van der Waals surface area contributed by atoms with E-state index in [4.69, 9.17) is 13.9 Å². The van der Waals surface area contributed by atoms with Gasteiger partial charge in [0.05, 0.1) is 19.1 Å². The predicted molar refractivity (Wildman–Crippen MR) is 96.8 cm³/mol. The Morgan fingerprint density at radius 2 is 2.08 bits per heavy atom. The molecule has 124 valence electrons. The van der Waals surface area contributed by atoms with Crippen LogP contribution in [0.2, 0.25) is 0 Å². The molecule has 1 aromatic carbocycles. The molecule has 1 N–H and O–H groups in total. The summed E-state index contributed by atoms with van der Waals surface area (Å²) >= 11 is 4.46. The van der Waals surface area contributed by atoms with Gasteiger partial charge in [0.25, 0.3) is 5.91 Å². The lowest BCUT2D eigenvalue weighted by Crippen LogP contribution is -2.19. The van der Waals surface area contributed by atoms with E-state index in [1.165, 1.54) is 11.8 Å². The minimum atomic E-state index is -0.223. The third-order valence-electron chi connectivity index (χ3n) is 3.13. The Balaban J connectivity index is 1.85. The van der Waals surface area contributed by atoms with Gasteiger partial charge < -0.3 is 19.2 Å². The van der Waals surface area contributed by atoms with E-state index in [9.17, 15) is 4.79 Å². The van der Waals surface area contributed by atoms with Crippen LogP contribution in [0, 0.1) is 0 Å². The van der Waals surface area contributed by atoms with Crippen molar-refractivity contribution in [2.75, 3.05) is 14.2 Å². The zero-order valence-corrected chi connectivity index (χ0v) is 15.2. The molecule has 1 amide bonds. The van der Waals surface area contributed by atoms with E-state index in [1.54, 1.807) is 50.6 Å². The third kappa shape index (κ3) is 3.65. The summed E-state index contributed by atoms with van der Waals surface area (Å²) in [6.45, 7) is 0. The van der Waals surface area contributed by atoms with E-state index in [1.807, 2.05) is 0 Å². The summed E-state index contributed by atoms with van der Waals surface area (Å²) in [7, 11) is 3.14. The van der Waals surface area contributed by atoms with E-state index < -0.39 is 0 Å². The molecule has 0 spiro atoms. The molecular weight excluding hydrogens is 396 g/mol. The molecule has 0 atom stereocenters. The fraction of sp³-hybridized carbons (Fsp3) is 0.125. The van der Waals surface area contributed by atoms with Gasteiger partial charge in [0, 0.05) is 12.1 Å². The average molecular weight is 409 g/mol. The first-order valence-corrected chi connectivity index (χ1v) is 8.47. The average Bonchev–Trinajstić information content (AvgIpc) is 3.14. The second-order valence-corrected chi connectivity index (χ2v) is 6.47. The van der Waals surface area contributed by atoms with Crippen LogP contribution >= 0.6 is 27.7 Å². The van der Waals surface area contributed by atoms with Crippen molar-refractivity contribution in [2.45, 2.75) is 0 Å². The standard InChI is InChI=1S/C16H13BrN2O4S/c1-21-9-3-5-11(12(7-9)22-2)18-16-19-15(20)13(24-16)8-10-4-6-14(17)23-10/h3-8H,1-2H3,(H,18,19,20). The summed E-state index contributed by atoms with van der Waals surface area (Å²) in [5, 5.41) is 3.20. The Kier molecular flexibility index (Phi) is 4.96. The molecule has 0 saturated carbocycles. The number of nitrogens with zero attached hydrogens (tertiary/aromatic N) is 1. The van der Waals surface area contributed by atoms with Crippen LogP contribution in [0.3, 0.4) is 0 Å². The van der Waals surface area contributed by atoms with Crippen molar-refractivity contribution in [3.8, 4) is 11.5 Å². The van der Waals surface area contributed by atoms with Crippen LogP contribution in [0.5, 0.6) is 11.5 Å². The molecule has 2 heterocycles. The van der Waals surface area contributed by atoms with Gasteiger partial charge in [-0.2, -0.15) is 0 Å². The second kappa shape index (κ2) is 7.14. The molecule has 0 radical (unpaired) electrons. The summed E-state index contributed by atoms with van der Waals surface area (Å²) in [6, 6.07) is 8.81. The van der Waals surface area contributed by atoms with E-state index >= 15 is 0 Å². The van der Waals surface area contributed by atoms with Crippen molar-refractivity contribution in [1.29, 1.82) is 0 Å². The van der Waals surface area contributed by atoms with Crippen LogP contribution in [0.4, 0.5) is 5.69 Å². The third-order valence-corrected chi connectivity index (χ3v) is 4.46. The molecular formula is C16H13BrN2O4S. The highest BCUT2D eigenvalue weighted by Crippen LogP contribution is 2.34. The van der Waals surface area contributed by atoms with Gasteiger partial charge in [-0.25, -0.2) is 4.99 Å². The number of thioether (sulfide) groups is 1. The summed E-state index contributed by atoms with van der Waals surface area (Å²) < 4.78 is 16.5. The first kappa shape index (κ1) is 16.7. The lowest BCUT2D eigenvalue weighted by atomic mass is 10.3. The number of hydrogen-bond donors (Lipinski definition) is 1. The number of benzene rings is 1. The molecule has 1 aliphatic heterocycles. The van der Waals surface area contributed by atoms with Crippen molar-refractivity contribution in [2.24, 2.45) is 4.99 Å².